The second kappa shape index (κ2) is 8.22. The van der Waals surface area contributed by atoms with E-state index in [1.54, 1.807) is 6.92 Å². The molecule has 0 aliphatic carbocycles. The summed E-state index contributed by atoms with van der Waals surface area (Å²) >= 11 is 1.47. The summed E-state index contributed by atoms with van der Waals surface area (Å²) in [7, 11) is 0. The molecule has 0 unspecified atom stereocenters. The number of rotatable bonds is 6. The lowest BCUT2D eigenvalue weighted by atomic mass is 9.87. The van der Waals surface area contributed by atoms with Crippen LogP contribution in [0.4, 0.5) is 0 Å². The number of likely N-dealkylation sites (N-methyl/N-ethyl adjacent to an activating group) is 1. The minimum absolute atomic E-state index is 0.128. The van der Waals surface area contributed by atoms with Crippen LogP contribution in [0.1, 0.15) is 40.2 Å². The van der Waals surface area contributed by atoms with Gasteiger partial charge in [0.15, 0.2) is 0 Å². The lowest BCUT2D eigenvalue weighted by Crippen LogP contribution is -2.45. The third-order valence-corrected chi connectivity index (χ3v) is 4.22. The molecule has 4 nitrogen and oxygen atoms in total. The molecule has 1 aromatic rings. The number of hydrogen-bond acceptors (Lipinski definition) is 3. The number of carbonyl (C=O) groups is 2. The van der Waals surface area contributed by atoms with Crippen LogP contribution in [0.25, 0.3) is 0 Å². The molecule has 0 aromatic heterocycles. The Morgan fingerprint density at radius 1 is 1.18 bits per heavy atom. The Kier molecular flexibility index (Phi) is 6.94. The van der Waals surface area contributed by atoms with E-state index in [0.29, 0.717) is 12.3 Å². The van der Waals surface area contributed by atoms with Crippen molar-refractivity contribution < 1.29 is 9.59 Å². The van der Waals surface area contributed by atoms with E-state index in [9.17, 15) is 9.59 Å². The first-order valence-electron chi connectivity index (χ1n) is 7.54. The van der Waals surface area contributed by atoms with E-state index in [1.807, 2.05) is 19.1 Å². The van der Waals surface area contributed by atoms with Crippen LogP contribution in [0.3, 0.4) is 0 Å². The van der Waals surface area contributed by atoms with Gasteiger partial charge in [0.2, 0.25) is 11.8 Å². The zero-order chi connectivity index (χ0) is 16.8. The predicted octanol–water partition coefficient (Wildman–Crippen LogP) is 2.72. The molecule has 0 heterocycles. The minimum Gasteiger partial charge on any atom is -0.355 e. The average Bonchev–Trinajstić information content (AvgIpc) is 2.45. The van der Waals surface area contributed by atoms with Crippen LogP contribution in [0.2, 0.25) is 0 Å². The van der Waals surface area contributed by atoms with Crippen LogP contribution in [0.5, 0.6) is 0 Å². The molecule has 5 heteroatoms. The molecule has 0 saturated heterocycles. The normalized spacial score (nSPS) is 12.6. The topological polar surface area (TPSA) is 58.2 Å². The minimum atomic E-state index is -0.503. The summed E-state index contributed by atoms with van der Waals surface area (Å²) in [6, 6.07) is 7.75. The zero-order valence-electron chi connectivity index (χ0n) is 14.0. The van der Waals surface area contributed by atoms with Gasteiger partial charge in [0.05, 0.1) is 5.75 Å². The maximum Gasteiger partial charge on any atom is 0.242 e. The Labute approximate surface area is 137 Å². The average molecular weight is 322 g/mol. The van der Waals surface area contributed by atoms with Gasteiger partial charge in [-0.1, -0.05) is 32.9 Å². The van der Waals surface area contributed by atoms with Crippen molar-refractivity contribution in [2.45, 2.75) is 51.0 Å². The molecule has 2 amide bonds. The van der Waals surface area contributed by atoms with Gasteiger partial charge in [-0.2, -0.15) is 0 Å². The van der Waals surface area contributed by atoms with Crippen LogP contribution in [0, 0.1) is 0 Å². The molecule has 0 aliphatic rings. The molecule has 0 bridgehead atoms. The molecule has 1 aromatic carbocycles. The molecule has 0 spiro atoms. The van der Waals surface area contributed by atoms with E-state index < -0.39 is 6.04 Å². The summed E-state index contributed by atoms with van der Waals surface area (Å²) in [5, 5.41) is 5.38. The Morgan fingerprint density at radius 3 is 2.27 bits per heavy atom. The quantitative estimate of drug-likeness (QED) is 0.792. The van der Waals surface area contributed by atoms with Crippen LogP contribution < -0.4 is 10.6 Å². The molecule has 1 rings (SSSR count). The standard InChI is InChI=1S/C17H26N2O2S/c1-6-18-16(21)12(2)19-15(20)11-22-14-9-7-13(8-10-14)17(3,4)5/h7-10,12H,6,11H2,1-5H3,(H,18,21)(H,19,20)/t12-/m1/s1. The van der Waals surface area contributed by atoms with Gasteiger partial charge < -0.3 is 10.6 Å². The molecule has 2 N–H and O–H groups in total. The van der Waals surface area contributed by atoms with E-state index >= 15 is 0 Å². The molecule has 1 atom stereocenters. The van der Waals surface area contributed by atoms with Gasteiger partial charge in [-0.15, -0.1) is 11.8 Å². The Hall–Kier alpha value is -1.49. The lowest BCUT2D eigenvalue weighted by molar-refractivity contribution is -0.127. The van der Waals surface area contributed by atoms with E-state index in [0.717, 1.165) is 4.90 Å². The first-order chi connectivity index (χ1) is 10.2. The third-order valence-electron chi connectivity index (χ3n) is 3.21. The number of nitrogens with one attached hydrogen (secondary N) is 2. The highest BCUT2D eigenvalue weighted by Gasteiger charge is 2.15. The fourth-order valence-electron chi connectivity index (χ4n) is 1.88. The molecule has 0 fully saturated rings. The number of thioether (sulfide) groups is 1. The first-order valence-corrected chi connectivity index (χ1v) is 8.53. The molecule has 0 radical (unpaired) electrons. The van der Waals surface area contributed by atoms with Gasteiger partial charge in [-0.25, -0.2) is 0 Å². The van der Waals surface area contributed by atoms with Crippen molar-refractivity contribution in [2.24, 2.45) is 0 Å². The smallest absolute Gasteiger partial charge is 0.242 e. The van der Waals surface area contributed by atoms with Crippen molar-refractivity contribution in [2.75, 3.05) is 12.3 Å². The first kappa shape index (κ1) is 18.6. The Morgan fingerprint density at radius 2 is 1.77 bits per heavy atom. The Balaban J connectivity index is 2.46. The fraction of sp³-hybridized carbons (Fsp3) is 0.529. The second-order valence-corrected chi connectivity index (χ2v) is 7.30. The summed E-state index contributed by atoms with van der Waals surface area (Å²) in [5.74, 6) is 0.0116. The van der Waals surface area contributed by atoms with Crippen molar-refractivity contribution >= 4 is 23.6 Å². The van der Waals surface area contributed by atoms with E-state index in [4.69, 9.17) is 0 Å². The van der Waals surface area contributed by atoms with Gasteiger partial charge in [0.25, 0.3) is 0 Å². The fourth-order valence-corrected chi connectivity index (χ4v) is 2.59. The van der Waals surface area contributed by atoms with Crippen molar-refractivity contribution in [1.29, 1.82) is 0 Å². The summed E-state index contributed by atoms with van der Waals surface area (Å²) in [4.78, 5) is 24.5. The lowest BCUT2D eigenvalue weighted by Gasteiger charge is -2.19. The summed E-state index contributed by atoms with van der Waals surface area (Å²) in [6.45, 7) is 10.6. The molecular weight excluding hydrogens is 296 g/mol. The van der Waals surface area contributed by atoms with Gasteiger partial charge in [0, 0.05) is 11.4 Å². The van der Waals surface area contributed by atoms with Crippen molar-refractivity contribution in [3.8, 4) is 0 Å². The van der Waals surface area contributed by atoms with E-state index in [-0.39, 0.29) is 17.2 Å². The maximum absolute atomic E-state index is 11.8. The molecule has 122 valence electrons. The SMILES string of the molecule is CCNC(=O)[C@@H](C)NC(=O)CSc1ccc(C(C)(C)C)cc1. The van der Waals surface area contributed by atoms with Crippen molar-refractivity contribution in [3.63, 3.8) is 0 Å². The van der Waals surface area contributed by atoms with Crippen LogP contribution in [0.15, 0.2) is 29.2 Å². The number of hydrogen-bond donors (Lipinski definition) is 2. The number of amides is 2. The summed E-state index contributed by atoms with van der Waals surface area (Å²) < 4.78 is 0. The van der Waals surface area contributed by atoms with Gasteiger partial charge in [0.1, 0.15) is 6.04 Å². The molecule has 0 aliphatic heterocycles. The highest BCUT2D eigenvalue weighted by atomic mass is 32.2. The number of carbonyl (C=O) groups excluding carboxylic acids is 2. The third kappa shape index (κ3) is 6.10. The second-order valence-electron chi connectivity index (χ2n) is 6.25. The molecular formula is C17H26N2O2S. The molecule has 22 heavy (non-hydrogen) atoms. The Bertz CT molecular complexity index is 506. The van der Waals surface area contributed by atoms with Crippen molar-refractivity contribution in [3.05, 3.63) is 29.8 Å². The van der Waals surface area contributed by atoms with E-state index in [1.165, 1.54) is 17.3 Å². The largest absolute Gasteiger partial charge is 0.355 e. The highest BCUT2D eigenvalue weighted by Crippen LogP contribution is 2.25. The summed E-state index contributed by atoms with van der Waals surface area (Å²) in [5.41, 5.74) is 1.40. The molecule has 0 saturated carbocycles. The van der Waals surface area contributed by atoms with Gasteiger partial charge in [-0.05, 0) is 37.0 Å². The van der Waals surface area contributed by atoms with Crippen LogP contribution >= 0.6 is 11.8 Å². The van der Waals surface area contributed by atoms with Gasteiger partial charge in [-0.3, -0.25) is 9.59 Å². The maximum atomic E-state index is 11.8. The highest BCUT2D eigenvalue weighted by molar-refractivity contribution is 8.00. The van der Waals surface area contributed by atoms with E-state index in [2.05, 4.69) is 43.5 Å². The summed E-state index contributed by atoms with van der Waals surface area (Å²) in [6.07, 6.45) is 0. The number of benzene rings is 1. The van der Waals surface area contributed by atoms with Crippen molar-refractivity contribution in [1.82, 2.24) is 10.6 Å². The van der Waals surface area contributed by atoms with Crippen LogP contribution in [-0.4, -0.2) is 30.2 Å². The predicted molar refractivity (Wildman–Crippen MR) is 92.2 cm³/mol. The zero-order valence-corrected chi connectivity index (χ0v) is 14.8. The monoisotopic (exact) mass is 322 g/mol. The van der Waals surface area contributed by atoms with Crippen LogP contribution in [-0.2, 0) is 15.0 Å². The van der Waals surface area contributed by atoms with Gasteiger partial charge >= 0.3 is 0 Å².